The first-order valence-electron chi connectivity index (χ1n) is 25.5. The molecule has 0 spiro atoms. The van der Waals surface area contributed by atoms with Crippen LogP contribution < -0.4 is 42.2 Å². The molecule has 4 heterocycles. The Hall–Kier alpha value is -6.31. The second kappa shape index (κ2) is 27.0. The third-order valence-electron chi connectivity index (χ3n) is 13.9. The lowest BCUT2D eigenvalue weighted by molar-refractivity contribution is -0.158. The number of aromatic nitrogens is 2. The highest BCUT2D eigenvalue weighted by Gasteiger charge is 2.43. The van der Waals surface area contributed by atoms with Crippen LogP contribution in [0.3, 0.4) is 0 Å². The Labute approximate surface area is 440 Å². The van der Waals surface area contributed by atoms with Crippen molar-refractivity contribution in [2.75, 3.05) is 39.0 Å². The molecular weight excluding hydrogens is 1010 g/mol. The summed E-state index contributed by atoms with van der Waals surface area (Å²) >= 11 is 1.73. The number of aryl methyl sites for hydroxylation is 1. The molecule has 410 valence electrons. The van der Waals surface area contributed by atoms with Gasteiger partial charge in [-0.05, 0) is 113 Å². The summed E-state index contributed by atoms with van der Waals surface area (Å²) < 4.78 is 41.2. The molecule has 75 heavy (non-hydrogen) atoms. The van der Waals surface area contributed by atoms with Crippen LogP contribution in [0.1, 0.15) is 106 Å². The van der Waals surface area contributed by atoms with Gasteiger partial charge in [0.25, 0.3) is 0 Å². The fraction of sp³-hybridized carbons (Fsp3) is 0.580. The first kappa shape index (κ1) is 58.0. The Morgan fingerprint density at radius 2 is 1.65 bits per heavy atom. The molecule has 3 aromatic rings. The van der Waals surface area contributed by atoms with Gasteiger partial charge in [-0.2, -0.15) is 16.5 Å². The van der Waals surface area contributed by atoms with Gasteiger partial charge in [0.2, 0.25) is 39.6 Å². The molecule has 1 unspecified atom stereocenters. The van der Waals surface area contributed by atoms with Crippen molar-refractivity contribution in [2.45, 2.75) is 151 Å². The zero-order valence-electron chi connectivity index (χ0n) is 42.9. The molecular formula is C50H70N10O13S2. The van der Waals surface area contributed by atoms with Gasteiger partial charge in [0.15, 0.2) is 5.82 Å². The number of carboxylic acids is 1. The normalized spacial score (nSPS) is 18.5. The number of nitrogens with zero attached hydrogens (tertiary/aromatic N) is 3. The van der Waals surface area contributed by atoms with Gasteiger partial charge in [-0.1, -0.05) is 35.8 Å². The number of methoxy groups -OCH3 is 1. The third-order valence-corrected chi connectivity index (χ3v) is 17.2. The first-order chi connectivity index (χ1) is 35.8. The highest BCUT2D eigenvalue weighted by atomic mass is 32.2. The molecule has 3 saturated heterocycles. The number of fused-ring (bicyclic) bond motifs is 1. The highest BCUT2D eigenvalue weighted by molar-refractivity contribution is 8.00. The van der Waals surface area contributed by atoms with Crippen LogP contribution >= 0.6 is 11.8 Å². The lowest BCUT2D eigenvalue weighted by Crippen LogP contribution is -2.56. The predicted octanol–water partition coefficient (Wildman–Crippen LogP) is 2.30. The topological polar surface area (TPSA) is 335 Å². The number of aromatic amines is 1. The molecule has 2 aromatic carbocycles. The van der Waals surface area contributed by atoms with E-state index in [9.17, 15) is 51.9 Å². The molecule has 23 nitrogen and oxygen atoms in total. The Morgan fingerprint density at radius 1 is 0.947 bits per heavy atom. The molecule has 3 aliphatic heterocycles. The smallest absolute Gasteiger partial charge is 0.439 e. The van der Waals surface area contributed by atoms with Crippen LogP contribution in [0, 0.1) is 20.8 Å². The zero-order valence-corrected chi connectivity index (χ0v) is 44.5. The summed E-state index contributed by atoms with van der Waals surface area (Å²) in [5.74, 6) is -4.23. The highest BCUT2D eigenvalue weighted by Crippen LogP contribution is 2.34. The van der Waals surface area contributed by atoms with Crippen LogP contribution in [-0.4, -0.2) is 150 Å². The number of nitrogens with two attached hydrogens (primary N) is 1. The van der Waals surface area contributed by atoms with Gasteiger partial charge in [-0.25, -0.2) is 22.8 Å². The summed E-state index contributed by atoms with van der Waals surface area (Å²) in [5.41, 5.74) is 7.97. The molecule has 0 aliphatic carbocycles. The zero-order chi connectivity index (χ0) is 54.4. The number of carbonyl (C=O) groups is 7. The Balaban J connectivity index is 1.16. The standard InChI is InChI=1S/C50H70N10O13S2/c1-29-25-38(72-4)30(2)31(3)44(29)75(70,71)58-34(46(64)53-35(47(65)59-23-10-5-11-24-59)26-32-17-19-33(20-18-32)45-56-50(69)73-57-45)27-40(61)52-22-12-16-42(63)60(37(48(66)67)13-8-9-21-51)41(62)15-7-6-14-39-43-36(28-74-39)54-49(68)55-43/h17-20,25,34-37,39,43,58H,5-16,21-24,26-28,51H2,1-4H3,(H,52,61)(H,53,64)(H,66,67)(H2,54,55,68)(H,56,57,69)/t34?,35-,36+,37+,39+,43+/m1/s1. The van der Waals surface area contributed by atoms with E-state index in [-0.39, 0.29) is 72.7 Å². The Kier molecular flexibility index (Phi) is 20.8. The van der Waals surface area contributed by atoms with Crippen LogP contribution in [0.5, 0.6) is 5.75 Å². The number of urea groups is 1. The molecule has 0 saturated carbocycles. The molecule has 9 N–H and O–H groups in total. The van der Waals surface area contributed by atoms with E-state index in [0.29, 0.717) is 85.3 Å². The van der Waals surface area contributed by atoms with Crippen molar-refractivity contribution in [2.24, 2.45) is 5.73 Å². The second-order valence-electron chi connectivity index (χ2n) is 19.3. The number of piperidine rings is 1. The van der Waals surface area contributed by atoms with Crippen molar-refractivity contribution in [1.82, 2.24) is 45.9 Å². The van der Waals surface area contributed by atoms with Crippen molar-refractivity contribution >= 4 is 63.3 Å². The first-order valence-corrected chi connectivity index (χ1v) is 28.0. The number of hydrogen-bond acceptors (Lipinski definition) is 15. The maximum Gasteiger partial charge on any atom is 0.439 e. The number of sulfonamides is 1. The van der Waals surface area contributed by atoms with Gasteiger partial charge in [-0.3, -0.25) is 38.4 Å². The SMILES string of the molecule is COc1cc(C)c(S(=O)(=O)NC(CC(=O)NCCCC(=O)N(C(=O)CCCC[C@@H]2SC[C@@H]3NC(=O)N[C@@H]32)[C@@H](CCCCN)C(=O)O)C(=O)N[C@H](Cc2ccc(-c3noc(=O)[nH]3)cc2)C(=O)N2CCCCC2)c(C)c1C. The number of unbranched alkanes of at least 4 members (excludes halogenated alkanes) is 2. The maximum absolute atomic E-state index is 14.5. The number of H-pyrrole nitrogens is 1. The van der Waals surface area contributed by atoms with Crippen LogP contribution in [0.25, 0.3) is 11.4 Å². The minimum atomic E-state index is -4.56. The fourth-order valence-corrected chi connectivity index (χ4v) is 13.1. The van der Waals surface area contributed by atoms with E-state index in [0.717, 1.165) is 29.9 Å². The van der Waals surface area contributed by atoms with Crippen molar-refractivity contribution in [3.8, 4) is 17.1 Å². The van der Waals surface area contributed by atoms with Crippen LogP contribution in [-0.2, 0) is 45.2 Å². The molecule has 0 bridgehead atoms. The minimum absolute atomic E-state index is 0.00658. The van der Waals surface area contributed by atoms with E-state index in [1.54, 1.807) is 67.8 Å². The minimum Gasteiger partial charge on any atom is -0.496 e. The van der Waals surface area contributed by atoms with Gasteiger partial charge in [0.1, 0.15) is 23.9 Å². The maximum atomic E-state index is 14.5. The van der Waals surface area contributed by atoms with Crippen molar-refractivity contribution < 1.29 is 56.3 Å². The van der Waals surface area contributed by atoms with E-state index in [1.165, 1.54) is 7.11 Å². The van der Waals surface area contributed by atoms with E-state index < -0.39 is 75.8 Å². The summed E-state index contributed by atoms with van der Waals surface area (Å²) in [7, 11) is -3.10. The molecule has 3 fully saturated rings. The summed E-state index contributed by atoms with van der Waals surface area (Å²) in [6.45, 7) is 5.85. The molecule has 0 radical (unpaired) electrons. The molecule has 3 aliphatic rings. The number of carboxylic acid groups (broad SMARTS) is 1. The van der Waals surface area contributed by atoms with Gasteiger partial charge in [-0.15, -0.1) is 0 Å². The van der Waals surface area contributed by atoms with Crippen LogP contribution in [0.4, 0.5) is 4.79 Å². The summed E-state index contributed by atoms with van der Waals surface area (Å²) in [4.78, 5) is 111. The fourth-order valence-electron chi connectivity index (χ4n) is 9.84. The number of ether oxygens (including phenoxy) is 1. The summed E-state index contributed by atoms with van der Waals surface area (Å²) in [6, 6.07) is 3.62. The van der Waals surface area contributed by atoms with Crippen LogP contribution in [0.15, 0.2) is 44.5 Å². The second-order valence-corrected chi connectivity index (χ2v) is 22.2. The number of thioether (sulfide) groups is 1. The number of rotatable bonds is 27. The summed E-state index contributed by atoms with van der Waals surface area (Å²) in [6.07, 6.45) is 3.71. The third kappa shape index (κ3) is 15.4. The van der Waals surface area contributed by atoms with E-state index in [2.05, 4.69) is 40.7 Å². The molecule has 1 aromatic heterocycles. The van der Waals surface area contributed by atoms with E-state index >= 15 is 0 Å². The predicted molar refractivity (Wildman–Crippen MR) is 277 cm³/mol. The Bertz CT molecular complexity index is 2710. The number of imide groups is 1. The van der Waals surface area contributed by atoms with E-state index in [1.807, 2.05) is 0 Å². The largest absolute Gasteiger partial charge is 0.496 e. The van der Waals surface area contributed by atoms with Crippen molar-refractivity contribution in [1.29, 1.82) is 0 Å². The lowest BCUT2D eigenvalue weighted by Gasteiger charge is -2.31. The van der Waals surface area contributed by atoms with Gasteiger partial charge < -0.3 is 41.7 Å². The number of benzene rings is 2. The summed E-state index contributed by atoms with van der Waals surface area (Å²) in [5, 5.41) is 25.3. The van der Waals surface area contributed by atoms with Crippen molar-refractivity contribution in [3.63, 3.8) is 0 Å². The van der Waals surface area contributed by atoms with Gasteiger partial charge in [0.05, 0.1) is 30.5 Å². The quantitative estimate of drug-likeness (QED) is 0.0401. The number of likely N-dealkylation sites (tertiary alicyclic amines) is 1. The van der Waals surface area contributed by atoms with Gasteiger partial charge in [0, 0.05) is 55.5 Å². The average molecular weight is 1080 g/mol. The molecule has 6 rings (SSSR count). The lowest BCUT2D eigenvalue weighted by atomic mass is 10.0. The molecule has 25 heteroatoms. The number of nitrogens with one attached hydrogen (secondary N) is 6. The number of hydrogen-bond donors (Lipinski definition) is 8. The van der Waals surface area contributed by atoms with Gasteiger partial charge >= 0.3 is 17.8 Å². The monoisotopic (exact) mass is 1080 g/mol. The number of carbonyl (C=O) groups excluding carboxylic acids is 6. The van der Waals surface area contributed by atoms with Crippen LogP contribution in [0.2, 0.25) is 0 Å². The molecule has 7 amide bonds. The number of amides is 7. The van der Waals surface area contributed by atoms with Crippen molar-refractivity contribution in [3.05, 3.63) is 63.1 Å². The average Bonchev–Trinajstić information content (AvgIpc) is 4.10. The Morgan fingerprint density at radius 3 is 2.31 bits per heavy atom. The van der Waals surface area contributed by atoms with E-state index in [4.69, 9.17) is 10.5 Å². The number of aliphatic carboxylic acids is 1. The molecule has 6 atom stereocenters.